The van der Waals surface area contributed by atoms with Crippen LogP contribution in [0.3, 0.4) is 0 Å². The van der Waals surface area contributed by atoms with Gasteiger partial charge in [0, 0.05) is 12.1 Å². The summed E-state index contributed by atoms with van der Waals surface area (Å²) in [5.41, 5.74) is 0.678. The molecule has 0 spiro atoms. The van der Waals surface area contributed by atoms with E-state index in [0.717, 1.165) is 24.8 Å². The fraction of sp³-hybridized carbons (Fsp3) is 0.476. The summed E-state index contributed by atoms with van der Waals surface area (Å²) in [5, 5.41) is 5.88. The normalized spacial score (nSPS) is 15.9. The van der Waals surface area contributed by atoms with Crippen LogP contribution in [-0.2, 0) is 16.0 Å². The van der Waals surface area contributed by atoms with Crippen molar-refractivity contribution in [3.63, 3.8) is 0 Å². The maximum atomic E-state index is 12.7. The van der Waals surface area contributed by atoms with Gasteiger partial charge >= 0.3 is 0 Å². The number of amides is 2. The van der Waals surface area contributed by atoms with E-state index in [1.54, 1.807) is 0 Å². The highest BCUT2D eigenvalue weighted by Gasteiger charge is 2.40. The second-order valence-corrected chi connectivity index (χ2v) is 7.12. The van der Waals surface area contributed by atoms with E-state index in [1.807, 2.05) is 44.2 Å². The van der Waals surface area contributed by atoms with Gasteiger partial charge in [0.15, 0.2) is 0 Å². The molecule has 1 aliphatic carbocycles. The lowest BCUT2D eigenvalue weighted by atomic mass is 9.80. The molecule has 0 radical (unpaired) electrons. The molecule has 0 atom stereocenters. The fourth-order valence-corrected chi connectivity index (χ4v) is 3.65. The van der Waals surface area contributed by atoms with Crippen LogP contribution in [0.15, 0.2) is 34.7 Å². The minimum Gasteiger partial charge on any atom is -0.441 e. The monoisotopic (exact) mass is 369 g/mol. The van der Waals surface area contributed by atoms with Crippen molar-refractivity contribution in [3.8, 4) is 11.5 Å². The highest BCUT2D eigenvalue weighted by atomic mass is 16.4. The summed E-state index contributed by atoms with van der Waals surface area (Å²) in [6, 6.07) is 9.60. The van der Waals surface area contributed by atoms with E-state index < -0.39 is 5.54 Å². The summed E-state index contributed by atoms with van der Waals surface area (Å²) < 4.78 is 5.73. The number of carbonyl (C=O) groups is 2. The first-order valence-electron chi connectivity index (χ1n) is 9.65. The van der Waals surface area contributed by atoms with E-state index >= 15 is 0 Å². The molecule has 1 aliphatic rings. The third-order valence-electron chi connectivity index (χ3n) is 5.10. The van der Waals surface area contributed by atoms with Gasteiger partial charge in [-0.2, -0.15) is 0 Å². The molecule has 6 heteroatoms. The lowest BCUT2D eigenvalue weighted by molar-refractivity contribution is -0.134. The molecule has 2 amide bonds. The lowest BCUT2D eigenvalue weighted by Gasteiger charge is -2.36. The van der Waals surface area contributed by atoms with E-state index in [0.29, 0.717) is 36.7 Å². The third kappa shape index (κ3) is 4.38. The number of hydrogen-bond acceptors (Lipinski definition) is 4. The van der Waals surface area contributed by atoms with E-state index in [1.165, 1.54) is 0 Å². The Hall–Kier alpha value is -2.63. The molecule has 1 aromatic carbocycles. The molecule has 1 fully saturated rings. The van der Waals surface area contributed by atoms with E-state index in [-0.39, 0.29) is 18.2 Å². The molecule has 2 N–H and O–H groups in total. The van der Waals surface area contributed by atoms with Gasteiger partial charge in [0.2, 0.25) is 17.7 Å². The summed E-state index contributed by atoms with van der Waals surface area (Å²) in [4.78, 5) is 29.8. The maximum absolute atomic E-state index is 12.7. The van der Waals surface area contributed by atoms with Gasteiger partial charge in [-0.25, -0.2) is 4.98 Å². The third-order valence-corrected chi connectivity index (χ3v) is 5.10. The number of oxazole rings is 1. The Balaban J connectivity index is 1.73. The molecule has 1 saturated carbocycles. The number of likely N-dealkylation sites (N-methyl/N-ethyl adjacent to an activating group) is 1. The number of nitrogens with zero attached hydrogens (tertiary/aromatic N) is 1. The van der Waals surface area contributed by atoms with Gasteiger partial charge in [-0.1, -0.05) is 37.5 Å². The smallest absolute Gasteiger partial charge is 0.245 e. The van der Waals surface area contributed by atoms with Crippen LogP contribution in [0.1, 0.15) is 50.5 Å². The first-order chi connectivity index (χ1) is 13.0. The molecule has 1 aromatic heterocycles. The van der Waals surface area contributed by atoms with Crippen LogP contribution in [0.4, 0.5) is 0 Å². The Morgan fingerprint density at radius 1 is 1.15 bits per heavy atom. The van der Waals surface area contributed by atoms with Crippen molar-refractivity contribution in [3.05, 3.63) is 41.8 Å². The van der Waals surface area contributed by atoms with Gasteiger partial charge in [0.25, 0.3) is 0 Å². The molecule has 3 rings (SSSR count). The van der Waals surface area contributed by atoms with Crippen LogP contribution in [0.25, 0.3) is 11.5 Å². The van der Waals surface area contributed by atoms with Crippen molar-refractivity contribution in [2.75, 3.05) is 6.54 Å². The first kappa shape index (κ1) is 19.1. The predicted octanol–water partition coefficient (Wildman–Crippen LogP) is 3.15. The number of aryl methyl sites for hydroxylation is 1. The average molecular weight is 369 g/mol. The fourth-order valence-electron chi connectivity index (χ4n) is 3.65. The van der Waals surface area contributed by atoms with Gasteiger partial charge in [-0.3, -0.25) is 9.59 Å². The molecule has 144 valence electrons. The van der Waals surface area contributed by atoms with Gasteiger partial charge in [0.05, 0.1) is 12.1 Å². The molecule has 1 heterocycles. The van der Waals surface area contributed by atoms with E-state index in [9.17, 15) is 9.59 Å². The minimum atomic E-state index is -0.800. The Morgan fingerprint density at radius 3 is 2.52 bits per heavy atom. The minimum absolute atomic E-state index is 0.0834. The quantitative estimate of drug-likeness (QED) is 0.819. The zero-order valence-corrected chi connectivity index (χ0v) is 16.0. The number of nitrogens with one attached hydrogen (secondary N) is 2. The highest BCUT2D eigenvalue weighted by Crippen LogP contribution is 2.29. The lowest BCUT2D eigenvalue weighted by Crippen LogP contribution is -2.60. The van der Waals surface area contributed by atoms with Crippen LogP contribution in [-0.4, -0.2) is 28.9 Å². The number of hydrogen-bond donors (Lipinski definition) is 2. The first-order valence-corrected chi connectivity index (χ1v) is 9.65. The van der Waals surface area contributed by atoms with Crippen molar-refractivity contribution in [1.29, 1.82) is 0 Å². The van der Waals surface area contributed by atoms with Crippen LogP contribution in [0, 0.1) is 6.92 Å². The average Bonchev–Trinajstić information content (AvgIpc) is 3.04. The van der Waals surface area contributed by atoms with Crippen LogP contribution in [0.2, 0.25) is 0 Å². The molecular formula is C21H27N3O3. The van der Waals surface area contributed by atoms with Crippen molar-refractivity contribution < 1.29 is 14.0 Å². The summed E-state index contributed by atoms with van der Waals surface area (Å²) >= 11 is 0. The SMILES string of the molecule is CCNC(=O)C1(NC(=O)Cc2nc(-c3ccccc3)oc2C)CCCCC1. The van der Waals surface area contributed by atoms with E-state index in [4.69, 9.17) is 4.42 Å². The second kappa shape index (κ2) is 8.37. The Bertz CT molecular complexity index is 792. The van der Waals surface area contributed by atoms with Crippen LogP contribution < -0.4 is 10.6 Å². The largest absolute Gasteiger partial charge is 0.441 e. The van der Waals surface area contributed by atoms with Crippen molar-refractivity contribution in [2.24, 2.45) is 0 Å². The molecule has 2 aromatic rings. The molecule has 0 bridgehead atoms. The molecule has 0 aliphatic heterocycles. The molecule has 27 heavy (non-hydrogen) atoms. The van der Waals surface area contributed by atoms with Gasteiger partial charge in [-0.15, -0.1) is 0 Å². The van der Waals surface area contributed by atoms with Crippen LogP contribution in [0.5, 0.6) is 0 Å². The summed E-state index contributed by atoms with van der Waals surface area (Å²) in [7, 11) is 0. The van der Waals surface area contributed by atoms with Crippen molar-refractivity contribution in [2.45, 2.75) is 57.9 Å². The number of rotatable bonds is 6. The van der Waals surface area contributed by atoms with E-state index in [2.05, 4.69) is 15.6 Å². The Morgan fingerprint density at radius 2 is 1.85 bits per heavy atom. The zero-order valence-electron chi connectivity index (χ0n) is 16.0. The predicted molar refractivity (Wildman–Crippen MR) is 103 cm³/mol. The Kier molecular flexibility index (Phi) is 5.94. The van der Waals surface area contributed by atoms with Gasteiger partial charge < -0.3 is 15.1 Å². The second-order valence-electron chi connectivity index (χ2n) is 7.12. The zero-order chi connectivity index (χ0) is 19.3. The highest BCUT2D eigenvalue weighted by molar-refractivity contribution is 5.92. The number of aromatic nitrogens is 1. The van der Waals surface area contributed by atoms with Gasteiger partial charge in [-0.05, 0) is 38.8 Å². The van der Waals surface area contributed by atoms with Crippen molar-refractivity contribution >= 4 is 11.8 Å². The topological polar surface area (TPSA) is 84.2 Å². The number of carbonyl (C=O) groups excluding carboxylic acids is 2. The van der Waals surface area contributed by atoms with Crippen molar-refractivity contribution in [1.82, 2.24) is 15.6 Å². The standard InChI is InChI=1S/C21H27N3O3/c1-3-22-20(26)21(12-8-5-9-13-21)24-18(25)14-17-15(2)27-19(23-17)16-10-6-4-7-11-16/h4,6-7,10-11H,3,5,8-9,12-14H2,1-2H3,(H,22,26)(H,24,25). The molecular weight excluding hydrogens is 342 g/mol. The maximum Gasteiger partial charge on any atom is 0.245 e. The summed E-state index contributed by atoms with van der Waals surface area (Å²) in [5.74, 6) is 0.853. The molecule has 0 saturated heterocycles. The summed E-state index contributed by atoms with van der Waals surface area (Å²) in [6.45, 7) is 4.25. The number of benzene rings is 1. The summed E-state index contributed by atoms with van der Waals surface area (Å²) in [6.07, 6.45) is 4.44. The Labute approximate surface area is 159 Å². The molecule has 0 unspecified atom stereocenters. The van der Waals surface area contributed by atoms with Gasteiger partial charge in [0.1, 0.15) is 11.3 Å². The van der Waals surface area contributed by atoms with Crippen LogP contribution >= 0.6 is 0 Å². The molecule has 6 nitrogen and oxygen atoms in total.